The van der Waals surface area contributed by atoms with Crippen LogP contribution in [-0.2, 0) is 0 Å². The molecule has 24 heavy (non-hydrogen) atoms. The fourth-order valence-corrected chi connectivity index (χ4v) is 3.32. The van der Waals surface area contributed by atoms with Crippen LogP contribution in [0, 0.1) is 5.82 Å². The Morgan fingerprint density at radius 3 is 2.17 bits per heavy atom. The molecule has 5 heteroatoms. The molecule has 1 fully saturated rings. The third-order valence-electron chi connectivity index (χ3n) is 4.46. The summed E-state index contributed by atoms with van der Waals surface area (Å²) in [6.07, 6.45) is 0. The second-order valence-electron chi connectivity index (χ2n) is 5.79. The van der Waals surface area contributed by atoms with E-state index in [1.54, 1.807) is 20.3 Å². The van der Waals surface area contributed by atoms with Crippen LogP contribution in [0.15, 0.2) is 42.5 Å². The van der Waals surface area contributed by atoms with Crippen molar-refractivity contribution in [2.24, 2.45) is 0 Å². The number of nitrogens with zero attached hydrogens (tertiary/aromatic N) is 1. The minimum Gasteiger partial charge on any atom is -0.496 e. The molecule has 1 saturated heterocycles. The van der Waals surface area contributed by atoms with Crippen LogP contribution >= 0.6 is 0 Å². The van der Waals surface area contributed by atoms with Crippen molar-refractivity contribution in [2.75, 3.05) is 40.4 Å². The molecule has 0 aliphatic carbocycles. The summed E-state index contributed by atoms with van der Waals surface area (Å²) in [5, 5.41) is 3.35. The summed E-state index contributed by atoms with van der Waals surface area (Å²) < 4.78 is 25.8. The predicted molar refractivity (Wildman–Crippen MR) is 92.2 cm³/mol. The molecule has 1 aliphatic heterocycles. The van der Waals surface area contributed by atoms with Crippen LogP contribution in [-0.4, -0.2) is 45.3 Å². The molecule has 0 aromatic heterocycles. The van der Waals surface area contributed by atoms with Crippen LogP contribution in [0.4, 0.5) is 4.39 Å². The van der Waals surface area contributed by atoms with Crippen molar-refractivity contribution in [3.63, 3.8) is 0 Å². The van der Waals surface area contributed by atoms with Crippen molar-refractivity contribution in [1.29, 1.82) is 0 Å². The van der Waals surface area contributed by atoms with Gasteiger partial charge in [0.2, 0.25) is 0 Å². The average Bonchev–Trinajstić information content (AvgIpc) is 2.64. The molecule has 0 bridgehead atoms. The number of methoxy groups -OCH3 is 2. The Morgan fingerprint density at radius 1 is 0.958 bits per heavy atom. The standard InChI is InChI=1S/C19H23FN2O2/c1-23-16-8-5-9-17(24-2)18(16)19(22-12-10-21-11-13-22)14-6-3-4-7-15(14)20/h3-9,19,21H,10-13H2,1-2H3. The lowest BCUT2D eigenvalue weighted by atomic mass is 9.94. The van der Waals surface area contributed by atoms with Crippen molar-refractivity contribution in [2.45, 2.75) is 6.04 Å². The number of rotatable bonds is 5. The van der Waals surface area contributed by atoms with Gasteiger partial charge >= 0.3 is 0 Å². The van der Waals surface area contributed by atoms with Crippen LogP contribution < -0.4 is 14.8 Å². The molecule has 2 aromatic carbocycles. The molecule has 4 nitrogen and oxygen atoms in total. The fraction of sp³-hybridized carbons (Fsp3) is 0.368. The highest BCUT2D eigenvalue weighted by Gasteiger charge is 2.31. The van der Waals surface area contributed by atoms with E-state index in [1.165, 1.54) is 6.07 Å². The number of halogens is 1. The summed E-state index contributed by atoms with van der Waals surface area (Å²) in [6, 6.07) is 12.4. The van der Waals surface area contributed by atoms with Crippen molar-refractivity contribution in [1.82, 2.24) is 10.2 Å². The minimum absolute atomic E-state index is 0.214. The molecule has 3 rings (SSSR count). The van der Waals surface area contributed by atoms with E-state index < -0.39 is 0 Å². The quantitative estimate of drug-likeness (QED) is 0.914. The van der Waals surface area contributed by atoms with Gasteiger partial charge in [0.15, 0.2) is 0 Å². The lowest BCUT2D eigenvalue weighted by Gasteiger charge is -2.36. The van der Waals surface area contributed by atoms with E-state index >= 15 is 0 Å². The van der Waals surface area contributed by atoms with Gasteiger partial charge in [-0.1, -0.05) is 24.3 Å². The van der Waals surface area contributed by atoms with Crippen LogP contribution in [0.25, 0.3) is 0 Å². The van der Waals surface area contributed by atoms with E-state index in [1.807, 2.05) is 30.3 Å². The molecule has 0 saturated carbocycles. The van der Waals surface area contributed by atoms with E-state index in [-0.39, 0.29) is 11.9 Å². The number of hydrogen-bond donors (Lipinski definition) is 1. The second-order valence-corrected chi connectivity index (χ2v) is 5.79. The third kappa shape index (κ3) is 3.23. The van der Waals surface area contributed by atoms with Gasteiger partial charge in [0.1, 0.15) is 17.3 Å². The van der Waals surface area contributed by atoms with Crippen LogP contribution in [0.2, 0.25) is 0 Å². The molecule has 0 spiro atoms. The molecular formula is C19H23FN2O2. The van der Waals surface area contributed by atoms with E-state index in [9.17, 15) is 4.39 Å². The summed E-state index contributed by atoms with van der Waals surface area (Å²) in [5.41, 5.74) is 1.51. The Morgan fingerprint density at radius 2 is 1.58 bits per heavy atom. The van der Waals surface area contributed by atoms with Crippen molar-refractivity contribution in [3.05, 3.63) is 59.4 Å². The number of hydrogen-bond acceptors (Lipinski definition) is 4. The Labute approximate surface area is 142 Å². The molecule has 2 aromatic rings. The normalized spacial score (nSPS) is 16.6. The summed E-state index contributed by atoms with van der Waals surface area (Å²) in [5.74, 6) is 1.20. The lowest BCUT2D eigenvalue weighted by molar-refractivity contribution is 0.189. The SMILES string of the molecule is COc1cccc(OC)c1C(c1ccccc1F)N1CCNCC1. The zero-order valence-corrected chi connectivity index (χ0v) is 14.1. The third-order valence-corrected chi connectivity index (χ3v) is 4.46. The maximum absolute atomic E-state index is 14.6. The van der Waals surface area contributed by atoms with Gasteiger partial charge in [-0.25, -0.2) is 4.39 Å². The summed E-state index contributed by atoms with van der Waals surface area (Å²) in [6.45, 7) is 3.42. The number of ether oxygens (including phenoxy) is 2. The van der Waals surface area contributed by atoms with Gasteiger partial charge in [-0.15, -0.1) is 0 Å². The predicted octanol–water partition coefficient (Wildman–Crippen LogP) is 2.84. The maximum atomic E-state index is 14.6. The molecular weight excluding hydrogens is 307 g/mol. The van der Waals surface area contributed by atoms with Crippen LogP contribution in [0.1, 0.15) is 17.2 Å². The topological polar surface area (TPSA) is 33.7 Å². The summed E-state index contributed by atoms with van der Waals surface area (Å²) in [4.78, 5) is 2.27. The lowest BCUT2D eigenvalue weighted by Crippen LogP contribution is -2.45. The Bertz CT molecular complexity index is 665. The largest absolute Gasteiger partial charge is 0.496 e. The van der Waals surface area contributed by atoms with Gasteiger partial charge < -0.3 is 14.8 Å². The molecule has 1 atom stereocenters. The molecule has 1 heterocycles. The Hall–Kier alpha value is -2.11. The van der Waals surface area contributed by atoms with E-state index in [0.29, 0.717) is 17.1 Å². The number of benzene rings is 2. The minimum atomic E-state index is -0.251. The van der Waals surface area contributed by atoms with E-state index in [4.69, 9.17) is 9.47 Å². The van der Waals surface area contributed by atoms with Gasteiger partial charge in [0, 0.05) is 31.7 Å². The zero-order valence-electron chi connectivity index (χ0n) is 14.1. The first-order valence-corrected chi connectivity index (χ1v) is 8.16. The first-order chi connectivity index (χ1) is 11.8. The van der Waals surface area contributed by atoms with Gasteiger partial charge in [-0.2, -0.15) is 0 Å². The Kier molecular flexibility index (Phi) is 5.33. The first-order valence-electron chi connectivity index (χ1n) is 8.16. The van der Waals surface area contributed by atoms with Crippen LogP contribution in [0.5, 0.6) is 11.5 Å². The smallest absolute Gasteiger partial charge is 0.128 e. The highest BCUT2D eigenvalue weighted by atomic mass is 19.1. The fourth-order valence-electron chi connectivity index (χ4n) is 3.32. The zero-order chi connectivity index (χ0) is 16.9. The van der Waals surface area contributed by atoms with Gasteiger partial charge in [-0.05, 0) is 18.2 Å². The summed E-state index contributed by atoms with van der Waals surface area (Å²) in [7, 11) is 3.27. The molecule has 1 N–H and O–H groups in total. The molecule has 0 amide bonds. The van der Waals surface area contributed by atoms with Gasteiger partial charge in [0.25, 0.3) is 0 Å². The Balaban J connectivity index is 2.17. The summed E-state index contributed by atoms with van der Waals surface area (Å²) >= 11 is 0. The molecule has 1 aliphatic rings. The van der Waals surface area contributed by atoms with Crippen LogP contribution in [0.3, 0.4) is 0 Å². The van der Waals surface area contributed by atoms with E-state index in [2.05, 4.69) is 10.2 Å². The molecule has 0 radical (unpaired) electrons. The average molecular weight is 330 g/mol. The van der Waals surface area contributed by atoms with Crippen molar-refractivity contribution < 1.29 is 13.9 Å². The highest BCUT2D eigenvalue weighted by molar-refractivity contribution is 5.51. The monoisotopic (exact) mass is 330 g/mol. The number of nitrogens with one attached hydrogen (secondary N) is 1. The van der Waals surface area contributed by atoms with Crippen molar-refractivity contribution >= 4 is 0 Å². The highest BCUT2D eigenvalue weighted by Crippen LogP contribution is 2.41. The van der Waals surface area contributed by atoms with Gasteiger partial charge in [0.05, 0.1) is 25.8 Å². The molecule has 1 unspecified atom stereocenters. The number of piperazine rings is 1. The second kappa shape index (κ2) is 7.64. The molecule has 128 valence electrons. The van der Waals surface area contributed by atoms with Gasteiger partial charge in [-0.3, -0.25) is 4.90 Å². The van der Waals surface area contributed by atoms with E-state index in [0.717, 1.165) is 31.7 Å². The van der Waals surface area contributed by atoms with Crippen molar-refractivity contribution in [3.8, 4) is 11.5 Å². The first kappa shape index (κ1) is 16.7. The maximum Gasteiger partial charge on any atom is 0.128 e.